The quantitative estimate of drug-likeness (QED) is 0.877. The van der Waals surface area contributed by atoms with Gasteiger partial charge in [-0.1, -0.05) is 6.42 Å². The van der Waals surface area contributed by atoms with Gasteiger partial charge in [-0.25, -0.2) is 0 Å². The lowest BCUT2D eigenvalue weighted by atomic mass is 9.97. The minimum absolute atomic E-state index is 0.418. The number of nitrogens with two attached hydrogens (primary N) is 1. The number of hydrogen-bond acceptors (Lipinski definition) is 3. The Kier molecular flexibility index (Phi) is 3.89. The van der Waals surface area contributed by atoms with E-state index in [4.69, 9.17) is 10.2 Å². The van der Waals surface area contributed by atoms with E-state index < -0.39 is 0 Å². The summed E-state index contributed by atoms with van der Waals surface area (Å²) in [6.45, 7) is 8.26. The molecule has 1 aromatic heterocycles. The maximum atomic E-state index is 5.89. The molecule has 2 N–H and O–H groups in total. The average molecular weight is 236 g/mol. The van der Waals surface area contributed by atoms with Crippen molar-refractivity contribution in [1.29, 1.82) is 0 Å². The molecule has 3 nitrogen and oxygen atoms in total. The molecule has 0 radical (unpaired) electrons. The van der Waals surface area contributed by atoms with Crippen molar-refractivity contribution in [1.82, 2.24) is 4.90 Å². The van der Waals surface area contributed by atoms with Gasteiger partial charge in [-0.15, -0.1) is 0 Å². The third kappa shape index (κ3) is 2.55. The summed E-state index contributed by atoms with van der Waals surface area (Å²) >= 11 is 0. The highest BCUT2D eigenvalue weighted by Crippen LogP contribution is 2.31. The predicted octanol–water partition coefficient (Wildman–Crippen LogP) is 2.77. The molecule has 2 rings (SSSR count). The van der Waals surface area contributed by atoms with Crippen LogP contribution in [0.2, 0.25) is 0 Å². The van der Waals surface area contributed by atoms with Gasteiger partial charge >= 0.3 is 0 Å². The fourth-order valence-corrected chi connectivity index (χ4v) is 3.03. The van der Waals surface area contributed by atoms with Crippen molar-refractivity contribution in [3.05, 3.63) is 23.2 Å². The van der Waals surface area contributed by atoms with Gasteiger partial charge in [0.25, 0.3) is 0 Å². The number of piperidine rings is 1. The van der Waals surface area contributed by atoms with Gasteiger partial charge in [0.05, 0.1) is 0 Å². The number of aryl methyl sites for hydroxylation is 2. The number of likely N-dealkylation sites (tertiary alicyclic amines) is 1. The molecule has 1 aromatic rings. The zero-order valence-corrected chi connectivity index (χ0v) is 11.2. The molecule has 1 aliphatic heterocycles. The summed E-state index contributed by atoms with van der Waals surface area (Å²) in [5.74, 6) is 2.06. The predicted molar refractivity (Wildman–Crippen MR) is 70.0 cm³/mol. The first kappa shape index (κ1) is 12.7. The first-order valence-corrected chi connectivity index (χ1v) is 6.66. The largest absolute Gasteiger partial charge is 0.466 e. The highest BCUT2D eigenvalue weighted by atomic mass is 16.3. The van der Waals surface area contributed by atoms with Gasteiger partial charge in [-0.2, -0.15) is 0 Å². The summed E-state index contributed by atoms with van der Waals surface area (Å²) in [6.07, 6.45) is 3.84. The van der Waals surface area contributed by atoms with Crippen LogP contribution in [0.25, 0.3) is 0 Å². The molecular weight excluding hydrogens is 212 g/mol. The van der Waals surface area contributed by atoms with Crippen molar-refractivity contribution in [2.45, 2.75) is 52.1 Å². The zero-order valence-electron chi connectivity index (χ0n) is 11.2. The Balaban J connectivity index is 2.17. The fourth-order valence-electron chi connectivity index (χ4n) is 3.03. The SMILES string of the molecule is Cc1cc(C(C)N2CCCCC2CN)c(C)o1. The summed E-state index contributed by atoms with van der Waals surface area (Å²) in [4.78, 5) is 2.54. The lowest BCUT2D eigenvalue weighted by Gasteiger charge is -2.39. The lowest BCUT2D eigenvalue weighted by molar-refractivity contribution is 0.107. The van der Waals surface area contributed by atoms with Gasteiger partial charge in [-0.3, -0.25) is 4.90 Å². The van der Waals surface area contributed by atoms with Crippen LogP contribution in [0.15, 0.2) is 10.5 Å². The van der Waals surface area contributed by atoms with Gasteiger partial charge in [0.15, 0.2) is 0 Å². The molecule has 96 valence electrons. The molecular formula is C14H24N2O. The monoisotopic (exact) mass is 236 g/mol. The number of nitrogens with zero attached hydrogens (tertiary/aromatic N) is 1. The Labute approximate surface area is 104 Å². The molecule has 0 amide bonds. The van der Waals surface area contributed by atoms with E-state index in [0.29, 0.717) is 12.1 Å². The van der Waals surface area contributed by atoms with E-state index in [1.165, 1.54) is 24.8 Å². The maximum absolute atomic E-state index is 5.89. The van der Waals surface area contributed by atoms with E-state index in [1.54, 1.807) is 0 Å². The molecule has 2 atom stereocenters. The van der Waals surface area contributed by atoms with Crippen molar-refractivity contribution in [2.75, 3.05) is 13.1 Å². The maximum Gasteiger partial charge on any atom is 0.105 e. The van der Waals surface area contributed by atoms with E-state index in [9.17, 15) is 0 Å². The molecule has 1 aliphatic rings. The second-order valence-corrected chi connectivity index (χ2v) is 5.17. The van der Waals surface area contributed by atoms with E-state index in [1.807, 2.05) is 6.92 Å². The van der Waals surface area contributed by atoms with Crippen molar-refractivity contribution < 1.29 is 4.42 Å². The second kappa shape index (κ2) is 5.23. The van der Waals surface area contributed by atoms with Gasteiger partial charge in [0.2, 0.25) is 0 Å². The first-order chi connectivity index (χ1) is 8.13. The molecule has 17 heavy (non-hydrogen) atoms. The molecule has 0 aromatic carbocycles. The fraction of sp³-hybridized carbons (Fsp3) is 0.714. The van der Waals surface area contributed by atoms with E-state index >= 15 is 0 Å². The van der Waals surface area contributed by atoms with Gasteiger partial charge < -0.3 is 10.2 Å². The van der Waals surface area contributed by atoms with Gasteiger partial charge in [0, 0.05) is 24.2 Å². The smallest absolute Gasteiger partial charge is 0.105 e. The molecule has 3 heteroatoms. The first-order valence-electron chi connectivity index (χ1n) is 6.66. The van der Waals surface area contributed by atoms with Gasteiger partial charge in [0.1, 0.15) is 11.5 Å². The summed E-state index contributed by atoms with van der Waals surface area (Å²) in [6, 6.07) is 3.12. The summed E-state index contributed by atoms with van der Waals surface area (Å²) in [5.41, 5.74) is 7.21. The standard InChI is InChI=1S/C14H24N2O/c1-10-8-14(12(3)17-10)11(2)16-7-5-4-6-13(16)9-15/h8,11,13H,4-7,9,15H2,1-3H3. The summed E-state index contributed by atoms with van der Waals surface area (Å²) in [7, 11) is 0. The lowest BCUT2D eigenvalue weighted by Crippen LogP contribution is -2.45. The van der Waals surface area contributed by atoms with Gasteiger partial charge in [-0.05, 0) is 46.2 Å². The molecule has 2 unspecified atom stereocenters. The van der Waals surface area contributed by atoms with Crippen LogP contribution < -0.4 is 5.73 Å². The second-order valence-electron chi connectivity index (χ2n) is 5.17. The summed E-state index contributed by atoms with van der Waals surface area (Å²) in [5, 5.41) is 0. The molecule has 0 spiro atoms. The van der Waals surface area contributed by atoms with Crippen molar-refractivity contribution in [2.24, 2.45) is 5.73 Å². The van der Waals surface area contributed by atoms with Crippen LogP contribution in [0.3, 0.4) is 0 Å². The molecule has 0 aliphatic carbocycles. The Hall–Kier alpha value is -0.800. The molecule has 1 fully saturated rings. The Morgan fingerprint density at radius 1 is 1.47 bits per heavy atom. The molecule has 1 saturated heterocycles. The minimum Gasteiger partial charge on any atom is -0.466 e. The highest BCUT2D eigenvalue weighted by molar-refractivity contribution is 5.24. The average Bonchev–Trinajstić information content (AvgIpc) is 2.67. The Morgan fingerprint density at radius 2 is 2.24 bits per heavy atom. The molecule has 0 saturated carbocycles. The van der Waals surface area contributed by atoms with Crippen LogP contribution >= 0.6 is 0 Å². The van der Waals surface area contributed by atoms with E-state index in [2.05, 4.69) is 24.8 Å². The van der Waals surface area contributed by atoms with Crippen molar-refractivity contribution >= 4 is 0 Å². The van der Waals surface area contributed by atoms with E-state index in [-0.39, 0.29) is 0 Å². The number of furan rings is 1. The van der Waals surface area contributed by atoms with Crippen LogP contribution in [0.4, 0.5) is 0 Å². The molecule has 0 bridgehead atoms. The van der Waals surface area contributed by atoms with Crippen molar-refractivity contribution in [3.8, 4) is 0 Å². The number of rotatable bonds is 3. The van der Waals surface area contributed by atoms with Crippen LogP contribution in [0.1, 0.15) is 49.3 Å². The van der Waals surface area contributed by atoms with Crippen LogP contribution in [0, 0.1) is 13.8 Å². The third-order valence-corrected chi connectivity index (χ3v) is 3.97. The van der Waals surface area contributed by atoms with Crippen LogP contribution in [0.5, 0.6) is 0 Å². The third-order valence-electron chi connectivity index (χ3n) is 3.97. The zero-order chi connectivity index (χ0) is 12.4. The Morgan fingerprint density at radius 3 is 2.82 bits per heavy atom. The number of hydrogen-bond donors (Lipinski definition) is 1. The van der Waals surface area contributed by atoms with E-state index in [0.717, 1.165) is 24.6 Å². The Bertz CT molecular complexity index is 372. The van der Waals surface area contributed by atoms with Crippen LogP contribution in [-0.2, 0) is 0 Å². The topological polar surface area (TPSA) is 42.4 Å². The normalized spacial score (nSPS) is 23.9. The van der Waals surface area contributed by atoms with Crippen LogP contribution in [-0.4, -0.2) is 24.0 Å². The highest BCUT2D eigenvalue weighted by Gasteiger charge is 2.27. The minimum atomic E-state index is 0.418. The molecule has 2 heterocycles. The summed E-state index contributed by atoms with van der Waals surface area (Å²) < 4.78 is 5.64. The van der Waals surface area contributed by atoms with Crippen molar-refractivity contribution in [3.63, 3.8) is 0 Å².